The summed E-state index contributed by atoms with van der Waals surface area (Å²) < 4.78 is 9.33. The van der Waals surface area contributed by atoms with E-state index in [9.17, 15) is 0 Å². The Morgan fingerprint density at radius 2 is 1.07 bits per heavy atom. The Balaban J connectivity index is 1.28. The normalized spacial score (nSPS) is 11.6. The fraction of sp³-hybridized carbons (Fsp3) is 0. The van der Waals surface area contributed by atoms with E-state index in [2.05, 4.69) is 163 Å². The molecule has 0 aliphatic rings. The first-order valence-electron chi connectivity index (χ1n) is 15.2. The summed E-state index contributed by atoms with van der Waals surface area (Å²) in [6, 6.07) is 58.3. The van der Waals surface area contributed by atoms with Gasteiger partial charge in [0, 0.05) is 47.9 Å². The maximum Gasteiger partial charge on any atom is 0.160 e. The van der Waals surface area contributed by atoms with Crippen LogP contribution in [0.25, 0.3) is 64.4 Å². The largest absolute Gasteiger partial charge is 0.454 e. The lowest BCUT2D eigenvalue weighted by Gasteiger charge is -2.28. The summed E-state index contributed by atoms with van der Waals surface area (Å²) in [6.07, 6.45) is 0. The summed E-state index contributed by atoms with van der Waals surface area (Å²) in [6.45, 7) is 0. The minimum absolute atomic E-state index is 0.875. The number of thiophene rings is 1. The maximum absolute atomic E-state index is 6.70. The van der Waals surface area contributed by atoms with Crippen molar-refractivity contribution < 1.29 is 4.42 Å². The Labute approximate surface area is 265 Å². The molecule has 0 fully saturated rings. The van der Waals surface area contributed by atoms with E-state index in [0.717, 1.165) is 50.1 Å². The van der Waals surface area contributed by atoms with Gasteiger partial charge in [0.25, 0.3) is 0 Å². The molecular weight excluding hydrogens is 567 g/mol. The fourth-order valence-corrected chi connectivity index (χ4v) is 7.77. The van der Waals surface area contributed by atoms with Crippen molar-refractivity contribution in [2.24, 2.45) is 0 Å². The lowest BCUT2D eigenvalue weighted by atomic mass is 9.97. The number of rotatable bonds is 5. The standard InChI is InChI=1S/C42H27NOS/c1-3-12-28(13-4-1)33-26-27-35-34-16-7-9-19-37(34)44-42(35)41(33)43(30-14-5-2-6-15-30)31-24-22-29(23-25-31)32-18-11-21-39-40(32)36-17-8-10-20-38(36)45-39/h1-27H. The van der Waals surface area contributed by atoms with Gasteiger partial charge in [-0.1, -0.05) is 115 Å². The molecule has 0 saturated carbocycles. The molecule has 2 heterocycles. The lowest BCUT2D eigenvalue weighted by Crippen LogP contribution is -2.11. The average Bonchev–Trinajstić information content (AvgIpc) is 3.68. The molecule has 0 amide bonds. The Morgan fingerprint density at radius 1 is 0.422 bits per heavy atom. The molecule has 0 radical (unpaired) electrons. The fourth-order valence-electron chi connectivity index (χ4n) is 6.64. The molecule has 9 rings (SSSR count). The summed E-state index contributed by atoms with van der Waals surface area (Å²) in [5.41, 5.74) is 9.64. The highest BCUT2D eigenvalue weighted by Crippen LogP contribution is 2.48. The average molecular weight is 594 g/mol. The Hall–Kier alpha value is -5.64. The molecule has 0 atom stereocenters. The predicted octanol–water partition coefficient (Wildman–Crippen LogP) is 12.8. The first-order chi connectivity index (χ1) is 22.3. The molecule has 9 aromatic rings. The van der Waals surface area contributed by atoms with Crippen molar-refractivity contribution in [1.82, 2.24) is 0 Å². The van der Waals surface area contributed by atoms with Crippen LogP contribution < -0.4 is 4.90 Å². The van der Waals surface area contributed by atoms with Crippen LogP contribution in [0.3, 0.4) is 0 Å². The van der Waals surface area contributed by atoms with Crippen molar-refractivity contribution in [3.05, 3.63) is 164 Å². The minimum atomic E-state index is 0.875. The summed E-state index contributed by atoms with van der Waals surface area (Å²) in [4.78, 5) is 2.34. The molecule has 0 bridgehead atoms. The molecule has 3 heteroatoms. The number of fused-ring (bicyclic) bond motifs is 6. The highest BCUT2D eigenvalue weighted by Gasteiger charge is 2.24. The molecule has 212 valence electrons. The van der Waals surface area contributed by atoms with E-state index in [1.165, 1.54) is 31.3 Å². The van der Waals surface area contributed by atoms with Crippen molar-refractivity contribution >= 4 is 70.5 Å². The second-order valence-corrected chi connectivity index (χ2v) is 12.4. The quantitative estimate of drug-likeness (QED) is 0.197. The third-order valence-corrected chi connectivity index (χ3v) is 9.82. The van der Waals surface area contributed by atoms with E-state index in [1.54, 1.807) is 0 Å². The first-order valence-corrected chi connectivity index (χ1v) is 16.0. The number of furan rings is 1. The number of para-hydroxylation sites is 2. The third-order valence-electron chi connectivity index (χ3n) is 8.68. The SMILES string of the molecule is c1ccc(-c2ccc3c(oc4ccccc43)c2N(c2ccccc2)c2ccc(-c3cccc4sc5ccccc5c34)cc2)cc1. The van der Waals surface area contributed by atoms with Crippen molar-refractivity contribution in [3.8, 4) is 22.3 Å². The van der Waals surface area contributed by atoms with Crippen molar-refractivity contribution in [2.75, 3.05) is 4.90 Å². The van der Waals surface area contributed by atoms with Crippen molar-refractivity contribution in [3.63, 3.8) is 0 Å². The molecular formula is C42H27NOS. The molecule has 0 saturated heterocycles. The second kappa shape index (κ2) is 10.5. The van der Waals surface area contributed by atoms with Crippen LogP contribution in [-0.2, 0) is 0 Å². The number of benzene rings is 7. The monoisotopic (exact) mass is 593 g/mol. The van der Waals surface area contributed by atoms with Gasteiger partial charge in [-0.05, 0) is 65.2 Å². The summed E-state index contributed by atoms with van der Waals surface area (Å²) >= 11 is 1.86. The number of nitrogens with zero attached hydrogens (tertiary/aromatic N) is 1. The van der Waals surface area contributed by atoms with Gasteiger partial charge < -0.3 is 9.32 Å². The second-order valence-electron chi connectivity index (χ2n) is 11.3. The lowest BCUT2D eigenvalue weighted by molar-refractivity contribution is 0.669. The number of hydrogen-bond acceptors (Lipinski definition) is 3. The van der Waals surface area contributed by atoms with E-state index in [1.807, 2.05) is 17.4 Å². The number of anilines is 3. The zero-order chi connectivity index (χ0) is 29.7. The summed E-state index contributed by atoms with van der Waals surface area (Å²) in [5, 5.41) is 4.86. The van der Waals surface area contributed by atoms with Crippen LogP contribution in [0.1, 0.15) is 0 Å². The predicted molar refractivity (Wildman–Crippen MR) is 192 cm³/mol. The highest BCUT2D eigenvalue weighted by atomic mass is 32.1. The Morgan fingerprint density at radius 3 is 1.89 bits per heavy atom. The first kappa shape index (κ1) is 25.8. The van der Waals surface area contributed by atoms with Crippen LogP contribution in [-0.4, -0.2) is 0 Å². The molecule has 0 aliphatic heterocycles. The van der Waals surface area contributed by atoms with Gasteiger partial charge in [0.2, 0.25) is 0 Å². The van der Waals surface area contributed by atoms with Crippen LogP contribution >= 0.6 is 11.3 Å². The maximum atomic E-state index is 6.70. The molecule has 0 aliphatic carbocycles. The van der Waals surface area contributed by atoms with Gasteiger partial charge in [-0.25, -0.2) is 0 Å². The van der Waals surface area contributed by atoms with Gasteiger partial charge >= 0.3 is 0 Å². The minimum Gasteiger partial charge on any atom is -0.454 e. The molecule has 45 heavy (non-hydrogen) atoms. The topological polar surface area (TPSA) is 16.4 Å². The van der Waals surface area contributed by atoms with Crippen LogP contribution in [0.4, 0.5) is 17.1 Å². The molecule has 0 spiro atoms. The van der Waals surface area contributed by atoms with Gasteiger partial charge in [0.1, 0.15) is 5.58 Å². The van der Waals surface area contributed by atoms with Crippen LogP contribution in [0, 0.1) is 0 Å². The Bertz CT molecular complexity index is 2470. The van der Waals surface area contributed by atoms with Crippen molar-refractivity contribution in [1.29, 1.82) is 0 Å². The van der Waals surface area contributed by atoms with Crippen LogP contribution in [0.15, 0.2) is 168 Å². The van der Waals surface area contributed by atoms with Gasteiger partial charge in [0.15, 0.2) is 5.58 Å². The molecule has 0 unspecified atom stereocenters. The van der Waals surface area contributed by atoms with E-state index in [-0.39, 0.29) is 0 Å². The Kier molecular flexibility index (Phi) is 6.03. The molecule has 2 aromatic heterocycles. The summed E-state index contributed by atoms with van der Waals surface area (Å²) in [5.74, 6) is 0. The van der Waals surface area contributed by atoms with Gasteiger partial charge in [-0.15, -0.1) is 11.3 Å². The molecule has 7 aromatic carbocycles. The zero-order valence-corrected chi connectivity index (χ0v) is 25.2. The smallest absolute Gasteiger partial charge is 0.160 e. The summed E-state index contributed by atoms with van der Waals surface area (Å²) in [7, 11) is 0. The highest BCUT2D eigenvalue weighted by molar-refractivity contribution is 7.25. The van der Waals surface area contributed by atoms with Gasteiger partial charge in [-0.3, -0.25) is 0 Å². The van der Waals surface area contributed by atoms with E-state index in [4.69, 9.17) is 4.42 Å². The van der Waals surface area contributed by atoms with Crippen LogP contribution in [0.2, 0.25) is 0 Å². The number of hydrogen-bond donors (Lipinski definition) is 0. The zero-order valence-electron chi connectivity index (χ0n) is 24.4. The third kappa shape index (κ3) is 4.24. The molecule has 0 N–H and O–H groups in total. The molecule has 2 nitrogen and oxygen atoms in total. The van der Waals surface area contributed by atoms with Gasteiger partial charge in [-0.2, -0.15) is 0 Å². The van der Waals surface area contributed by atoms with Gasteiger partial charge in [0.05, 0.1) is 5.69 Å². The van der Waals surface area contributed by atoms with E-state index < -0.39 is 0 Å². The van der Waals surface area contributed by atoms with Crippen LogP contribution in [0.5, 0.6) is 0 Å². The van der Waals surface area contributed by atoms with Crippen molar-refractivity contribution in [2.45, 2.75) is 0 Å². The van der Waals surface area contributed by atoms with E-state index in [0.29, 0.717) is 0 Å². The van der Waals surface area contributed by atoms with E-state index >= 15 is 0 Å².